The van der Waals surface area contributed by atoms with Crippen LogP contribution in [-0.2, 0) is 4.79 Å². The third-order valence-electron chi connectivity index (χ3n) is 4.91. The number of H-pyrrole nitrogens is 1. The number of nitrogens with one attached hydrogen (secondary N) is 1. The molecule has 29 heavy (non-hydrogen) atoms. The molecule has 1 aliphatic rings. The highest BCUT2D eigenvalue weighted by atomic mass is 19.1. The van der Waals surface area contributed by atoms with Crippen molar-refractivity contribution in [1.82, 2.24) is 19.8 Å². The molecule has 4 rings (SSSR count). The van der Waals surface area contributed by atoms with Crippen LogP contribution in [0.2, 0.25) is 0 Å². The minimum Gasteiger partial charge on any atom is -0.358 e. The molecule has 1 aromatic carbocycles. The lowest BCUT2D eigenvalue weighted by Gasteiger charge is -2.34. The smallest absolute Gasteiger partial charge is 0.295 e. The zero-order valence-corrected chi connectivity index (χ0v) is 15.2. The average molecular weight is 398 g/mol. The SMILES string of the molecule is O=C(C(=O)N1CCN(C(=O)c2ccccn2)CC1)c1c[nH]c2c(F)ccc(F)c12. The van der Waals surface area contributed by atoms with Crippen LogP contribution in [0.1, 0.15) is 20.8 Å². The van der Waals surface area contributed by atoms with Crippen LogP contribution in [0.25, 0.3) is 10.9 Å². The van der Waals surface area contributed by atoms with E-state index in [1.807, 2.05) is 0 Å². The number of nitrogens with zero attached hydrogens (tertiary/aromatic N) is 3. The summed E-state index contributed by atoms with van der Waals surface area (Å²) in [6, 6.07) is 6.88. The Labute approximate surface area is 163 Å². The number of fused-ring (bicyclic) bond motifs is 1. The molecule has 0 bridgehead atoms. The highest BCUT2D eigenvalue weighted by Gasteiger charge is 2.31. The van der Waals surface area contributed by atoms with E-state index in [0.29, 0.717) is 5.69 Å². The molecule has 1 aliphatic heterocycles. The predicted molar refractivity (Wildman–Crippen MR) is 99.3 cm³/mol. The van der Waals surface area contributed by atoms with Crippen molar-refractivity contribution in [1.29, 1.82) is 0 Å². The molecule has 3 aromatic rings. The van der Waals surface area contributed by atoms with Crippen LogP contribution >= 0.6 is 0 Å². The summed E-state index contributed by atoms with van der Waals surface area (Å²) < 4.78 is 27.9. The molecule has 0 saturated carbocycles. The number of aromatic nitrogens is 2. The van der Waals surface area contributed by atoms with Gasteiger partial charge in [0.15, 0.2) is 0 Å². The van der Waals surface area contributed by atoms with Crippen molar-refractivity contribution in [2.45, 2.75) is 0 Å². The largest absolute Gasteiger partial charge is 0.358 e. The van der Waals surface area contributed by atoms with Crippen molar-refractivity contribution in [3.8, 4) is 0 Å². The van der Waals surface area contributed by atoms with Crippen molar-refractivity contribution in [3.63, 3.8) is 0 Å². The van der Waals surface area contributed by atoms with Gasteiger partial charge in [0.2, 0.25) is 0 Å². The summed E-state index contributed by atoms with van der Waals surface area (Å²) in [7, 11) is 0. The van der Waals surface area contributed by atoms with E-state index in [1.165, 1.54) is 11.1 Å². The number of rotatable bonds is 3. The summed E-state index contributed by atoms with van der Waals surface area (Å²) in [6.45, 7) is 0.793. The van der Waals surface area contributed by atoms with E-state index >= 15 is 0 Å². The quantitative estimate of drug-likeness (QED) is 0.540. The Kier molecular flexibility index (Phi) is 4.79. The van der Waals surface area contributed by atoms with Gasteiger partial charge in [-0.25, -0.2) is 8.78 Å². The first-order valence-corrected chi connectivity index (χ1v) is 8.96. The number of halogens is 2. The minimum atomic E-state index is -0.926. The molecule has 1 saturated heterocycles. The van der Waals surface area contributed by atoms with Crippen molar-refractivity contribution in [3.05, 3.63) is 65.6 Å². The first-order chi connectivity index (χ1) is 14.0. The van der Waals surface area contributed by atoms with E-state index in [1.54, 1.807) is 23.1 Å². The standard InChI is InChI=1S/C20H16F2N4O3/c21-13-4-5-14(22)17-16(13)12(11-24-17)18(27)20(29)26-9-7-25(8-10-26)19(28)15-3-1-2-6-23-15/h1-6,11,24H,7-10H2. The van der Waals surface area contributed by atoms with Gasteiger partial charge in [-0.3, -0.25) is 19.4 Å². The Morgan fingerprint density at radius 1 is 0.931 bits per heavy atom. The van der Waals surface area contributed by atoms with E-state index in [-0.39, 0.29) is 48.6 Å². The second-order valence-corrected chi connectivity index (χ2v) is 6.61. The molecule has 2 aromatic heterocycles. The monoisotopic (exact) mass is 398 g/mol. The Morgan fingerprint density at radius 3 is 2.31 bits per heavy atom. The molecule has 9 heteroatoms. The van der Waals surface area contributed by atoms with E-state index in [9.17, 15) is 23.2 Å². The first-order valence-electron chi connectivity index (χ1n) is 8.96. The Hall–Kier alpha value is -3.62. The van der Waals surface area contributed by atoms with Crippen LogP contribution in [0, 0.1) is 11.6 Å². The highest BCUT2D eigenvalue weighted by molar-refractivity contribution is 6.44. The van der Waals surface area contributed by atoms with Gasteiger partial charge in [-0.1, -0.05) is 6.07 Å². The van der Waals surface area contributed by atoms with Crippen LogP contribution < -0.4 is 0 Å². The number of hydrogen-bond donors (Lipinski definition) is 1. The Balaban J connectivity index is 1.47. The number of pyridine rings is 1. The van der Waals surface area contributed by atoms with Crippen molar-refractivity contribution >= 4 is 28.5 Å². The molecule has 0 radical (unpaired) electrons. The third-order valence-corrected chi connectivity index (χ3v) is 4.91. The molecule has 7 nitrogen and oxygen atoms in total. The second-order valence-electron chi connectivity index (χ2n) is 6.61. The molecule has 1 N–H and O–H groups in total. The van der Waals surface area contributed by atoms with E-state index < -0.39 is 23.3 Å². The lowest BCUT2D eigenvalue weighted by atomic mass is 10.1. The third kappa shape index (κ3) is 3.35. The summed E-state index contributed by atoms with van der Waals surface area (Å²) in [4.78, 5) is 47.1. The number of ketones is 1. The van der Waals surface area contributed by atoms with Gasteiger partial charge >= 0.3 is 0 Å². The van der Waals surface area contributed by atoms with Crippen molar-refractivity contribution in [2.24, 2.45) is 0 Å². The molecule has 1 fully saturated rings. The number of carbonyl (C=O) groups excluding carboxylic acids is 3. The fraction of sp³-hybridized carbons (Fsp3) is 0.200. The summed E-state index contributed by atoms with van der Waals surface area (Å²) in [5, 5.41) is -0.243. The Bertz CT molecular complexity index is 1110. The summed E-state index contributed by atoms with van der Waals surface area (Å²) >= 11 is 0. The van der Waals surface area contributed by atoms with Crippen molar-refractivity contribution in [2.75, 3.05) is 26.2 Å². The number of amides is 2. The zero-order valence-electron chi connectivity index (χ0n) is 15.2. The molecule has 2 amide bonds. The van der Waals surface area contributed by atoms with Gasteiger partial charge in [0.25, 0.3) is 17.6 Å². The van der Waals surface area contributed by atoms with Crippen LogP contribution in [-0.4, -0.2) is 63.5 Å². The number of piperazine rings is 1. The maximum atomic E-state index is 14.1. The summed E-state index contributed by atoms with van der Waals surface area (Å²) in [6.07, 6.45) is 2.66. The molecule has 0 aliphatic carbocycles. The zero-order chi connectivity index (χ0) is 20.5. The normalized spacial score (nSPS) is 14.3. The molecule has 0 atom stereocenters. The average Bonchev–Trinajstić information content (AvgIpc) is 3.22. The molecule has 0 unspecified atom stereocenters. The van der Waals surface area contributed by atoms with Crippen LogP contribution in [0.15, 0.2) is 42.7 Å². The summed E-state index contributed by atoms with van der Waals surface area (Å²) in [5.74, 6) is -3.50. The van der Waals surface area contributed by atoms with Gasteiger partial charge in [0.1, 0.15) is 17.3 Å². The number of aromatic amines is 1. The van der Waals surface area contributed by atoms with Gasteiger partial charge in [-0.2, -0.15) is 0 Å². The fourth-order valence-electron chi connectivity index (χ4n) is 3.37. The van der Waals surface area contributed by atoms with Crippen molar-refractivity contribution < 1.29 is 23.2 Å². The minimum absolute atomic E-state index is 0.155. The molecule has 3 heterocycles. The first kappa shape index (κ1) is 18.7. The Morgan fingerprint density at radius 2 is 1.62 bits per heavy atom. The molecular formula is C20H16F2N4O3. The van der Waals surface area contributed by atoms with E-state index in [4.69, 9.17) is 0 Å². The lowest BCUT2D eigenvalue weighted by Crippen LogP contribution is -2.52. The number of hydrogen-bond acceptors (Lipinski definition) is 4. The number of benzene rings is 1. The lowest BCUT2D eigenvalue weighted by molar-refractivity contribution is -0.127. The fourth-order valence-corrected chi connectivity index (χ4v) is 3.37. The van der Waals surface area contributed by atoms with Crippen LogP contribution in [0.5, 0.6) is 0 Å². The topological polar surface area (TPSA) is 86.4 Å². The molecular weight excluding hydrogens is 382 g/mol. The number of carbonyl (C=O) groups is 3. The molecule has 0 spiro atoms. The highest BCUT2D eigenvalue weighted by Crippen LogP contribution is 2.25. The maximum Gasteiger partial charge on any atom is 0.295 e. The van der Waals surface area contributed by atoms with Gasteiger partial charge < -0.3 is 14.8 Å². The van der Waals surface area contributed by atoms with Gasteiger partial charge in [0.05, 0.1) is 11.1 Å². The van der Waals surface area contributed by atoms with Crippen LogP contribution in [0.4, 0.5) is 8.78 Å². The van der Waals surface area contributed by atoms with Gasteiger partial charge in [0, 0.05) is 44.0 Å². The van der Waals surface area contributed by atoms with E-state index in [0.717, 1.165) is 18.3 Å². The van der Waals surface area contributed by atoms with Gasteiger partial charge in [-0.05, 0) is 24.3 Å². The van der Waals surface area contributed by atoms with Gasteiger partial charge in [-0.15, -0.1) is 0 Å². The van der Waals surface area contributed by atoms with Crippen LogP contribution in [0.3, 0.4) is 0 Å². The molecule has 148 valence electrons. The maximum absolute atomic E-state index is 14.1. The predicted octanol–water partition coefficient (Wildman–Crippen LogP) is 2.01. The summed E-state index contributed by atoms with van der Waals surface area (Å²) in [5.41, 5.74) is -0.0689. The second kappa shape index (κ2) is 7.42. The number of Topliss-reactive ketones (excluding diaryl/α,β-unsaturated/α-hetero) is 1. The van der Waals surface area contributed by atoms with E-state index in [2.05, 4.69) is 9.97 Å².